The van der Waals surface area contributed by atoms with Gasteiger partial charge in [0, 0.05) is 0 Å². The molecule has 2 aromatic heterocycles. The lowest BCUT2D eigenvalue weighted by Gasteiger charge is -2.24. The molecule has 31 heavy (non-hydrogen) atoms. The fourth-order valence-corrected chi connectivity index (χ4v) is 4.13. The van der Waals surface area contributed by atoms with E-state index in [0.717, 1.165) is 13.8 Å². The van der Waals surface area contributed by atoms with Crippen molar-refractivity contribution in [3.63, 3.8) is 0 Å². The first-order valence-corrected chi connectivity index (χ1v) is 10.9. The van der Waals surface area contributed by atoms with Gasteiger partial charge in [-0.05, 0) is 20.8 Å². The summed E-state index contributed by atoms with van der Waals surface area (Å²) in [4.78, 5) is 32.8. The van der Waals surface area contributed by atoms with E-state index in [1.165, 1.54) is 17.2 Å². The maximum atomic E-state index is 15.4. The SMILES string of the molecule is CCOc1ncnc2c1ncn2[C@@H]1O[C@H](COP(=O)(O)N[C@@H](C)C(=O)O)[C@@H](O)[C@@]1(C)F. The molecule has 3 heterocycles. The second-order valence-electron chi connectivity index (χ2n) is 7.06. The van der Waals surface area contributed by atoms with E-state index in [-0.39, 0.29) is 17.0 Å². The molecule has 0 spiro atoms. The van der Waals surface area contributed by atoms with Crippen LogP contribution in [0.15, 0.2) is 12.7 Å². The number of carboxylic acids is 1. The van der Waals surface area contributed by atoms with E-state index < -0.39 is 50.5 Å². The molecular formula is C16H23FN5O8P. The van der Waals surface area contributed by atoms with Gasteiger partial charge in [-0.25, -0.2) is 24.0 Å². The first-order chi connectivity index (χ1) is 14.5. The van der Waals surface area contributed by atoms with Gasteiger partial charge in [-0.1, -0.05) is 0 Å². The quantitative estimate of drug-likeness (QED) is 0.377. The Morgan fingerprint density at radius 3 is 2.84 bits per heavy atom. The number of rotatable bonds is 9. The summed E-state index contributed by atoms with van der Waals surface area (Å²) in [6, 6.07) is -1.37. The molecule has 0 radical (unpaired) electrons. The van der Waals surface area contributed by atoms with Crippen LogP contribution < -0.4 is 9.82 Å². The number of hydrogen-bond donors (Lipinski definition) is 4. The number of aliphatic hydroxyl groups excluding tert-OH is 1. The summed E-state index contributed by atoms with van der Waals surface area (Å²) in [5, 5.41) is 21.1. The molecule has 0 amide bonds. The predicted molar refractivity (Wildman–Crippen MR) is 102 cm³/mol. The van der Waals surface area contributed by atoms with Gasteiger partial charge in [0.1, 0.15) is 24.6 Å². The number of carboxylic acid groups (broad SMARTS) is 1. The highest BCUT2D eigenvalue weighted by molar-refractivity contribution is 7.50. The van der Waals surface area contributed by atoms with Gasteiger partial charge >= 0.3 is 13.7 Å². The molecule has 1 fully saturated rings. The Balaban J connectivity index is 1.79. The van der Waals surface area contributed by atoms with E-state index in [0.29, 0.717) is 6.61 Å². The van der Waals surface area contributed by atoms with Gasteiger partial charge < -0.3 is 24.6 Å². The zero-order chi connectivity index (χ0) is 23.0. The number of nitrogens with one attached hydrogen (secondary N) is 1. The number of nitrogens with zero attached hydrogens (tertiary/aromatic N) is 4. The monoisotopic (exact) mass is 463 g/mol. The van der Waals surface area contributed by atoms with E-state index in [1.54, 1.807) is 6.92 Å². The number of imidazole rings is 1. The normalized spacial score (nSPS) is 29.0. The average molecular weight is 463 g/mol. The van der Waals surface area contributed by atoms with E-state index in [9.17, 15) is 19.4 Å². The predicted octanol–water partition coefficient (Wildman–Crippen LogP) is 0.391. The zero-order valence-electron chi connectivity index (χ0n) is 16.9. The Morgan fingerprint density at radius 1 is 1.48 bits per heavy atom. The van der Waals surface area contributed by atoms with E-state index in [1.807, 2.05) is 5.09 Å². The fourth-order valence-electron chi connectivity index (χ4n) is 3.11. The molecule has 4 N–H and O–H groups in total. The fraction of sp³-hybridized carbons (Fsp3) is 0.625. The number of carbonyl (C=O) groups is 1. The summed E-state index contributed by atoms with van der Waals surface area (Å²) < 4.78 is 44.5. The van der Waals surface area contributed by atoms with Crippen LogP contribution in [0, 0.1) is 0 Å². The van der Waals surface area contributed by atoms with Gasteiger partial charge in [-0.2, -0.15) is 4.98 Å². The summed E-state index contributed by atoms with van der Waals surface area (Å²) in [6.07, 6.45) is -2.00. The highest BCUT2D eigenvalue weighted by atomic mass is 31.2. The third kappa shape index (κ3) is 4.68. The number of aromatic nitrogens is 4. The highest BCUT2D eigenvalue weighted by Crippen LogP contribution is 2.45. The molecule has 2 aromatic rings. The van der Waals surface area contributed by atoms with E-state index >= 15 is 4.39 Å². The molecule has 1 aliphatic heterocycles. The second kappa shape index (κ2) is 8.73. The van der Waals surface area contributed by atoms with Crippen LogP contribution in [0.1, 0.15) is 27.0 Å². The Morgan fingerprint density at radius 2 is 2.19 bits per heavy atom. The highest BCUT2D eigenvalue weighted by Gasteiger charge is 2.55. The number of hydrogen-bond acceptors (Lipinski definition) is 9. The molecule has 15 heteroatoms. The molecule has 0 aromatic carbocycles. The maximum Gasteiger partial charge on any atom is 0.403 e. The van der Waals surface area contributed by atoms with Gasteiger partial charge in [0.15, 0.2) is 23.1 Å². The third-order valence-corrected chi connectivity index (χ3v) is 5.93. The van der Waals surface area contributed by atoms with Gasteiger partial charge in [0.05, 0.1) is 19.5 Å². The first kappa shape index (κ1) is 23.4. The van der Waals surface area contributed by atoms with Crippen LogP contribution in [-0.4, -0.2) is 77.7 Å². The molecular weight excluding hydrogens is 440 g/mol. The van der Waals surface area contributed by atoms with Crippen molar-refractivity contribution in [3.8, 4) is 5.88 Å². The van der Waals surface area contributed by atoms with Crippen LogP contribution in [-0.2, 0) is 18.6 Å². The Hall–Kier alpha value is -2.22. The first-order valence-electron chi connectivity index (χ1n) is 9.28. The van der Waals surface area contributed by atoms with Gasteiger partial charge in [-0.3, -0.25) is 13.9 Å². The van der Waals surface area contributed by atoms with Crippen molar-refractivity contribution < 1.29 is 42.9 Å². The Kier molecular flexibility index (Phi) is 6.60. The third-order valence-electron chi connectivity index (χ3n) is 4.72. The summed E-state index contributed by atoms with van der Waals surface area (Å²) in [6.45, 7) is 3.65. The molecule has 0 bridgehead atoms. The standard InChI is InChI=1S/C16H23FN5O8P/c1-4-28-13-10-12(18-6-19-13)22(7-20-10)15-16(3,17)11(23)9(30-15)5-29-31(26,27)21-8(2)14(24)25/h6-9,11,15,23H,4-5H2,1-3H3,(H,24,25)(H2,21,26,27)/t8-,9+,11+,15+,16+/m0/s1. The van der Waals surface area contributed by atoms with Crippen molar-refractivity contribution in [2.75, 3.05) is 13.2 Å². The molecule has 13 nitrogen and oxygen atoms in total. The Labute approximate surface area is 175 Å². The molecule has 1 aliphatic rings. The van der Waals surface area contributed by atoms with E-state index in [2.05, 4.69) is 15.0 Å². The largest absolute Gasteiger partial charge is 0.480 e. The van der Waals surface area contributed by atoms with Gasteiger partial charge in [0.2, 0.25) is 5.88 Å². The van der Waals surface area contributed by atoms with Crippen molar-refractivity contribution in [3.05, 3.63) is 12.7 Å². The van der Waals surface area contributed by atoms with Crippen molar-refractivity contribution >= 4 is 24.9 Å². The minimum atomic E-state index is -4.56. The molecule has 1 saturated heterocycles. The van der Waals surface area contributed by atoms with Crippen LogP contribution >= 0.6 is 7.75 Å². The minimum Gasteiger partial charge on any atom is -0.480 e. The Bertz CT molecular complexity index is 1000. The minimum absolute atomic E-state index is 0.199. The summed E-state index contributed by atoms with van der Waals surface area (Å²) >= 11 is 0. The number of halogens is 1. The number of ether oxygens (including phenoxy) is 2. The van der Waals surface area contributed by atoms with E-state index in [4.69, 9.17) is 19.1 Å². The molecule has 0 aliphatic carbocycles. The number of alkyl halides is 1. The van der Waals surface area contributed by atoms with Crippen LogP contribution in [0.2, 0.25) is 0 Å². The lowest BCUT2D eigenvalue weighted by molar-refractivity contribution is -0.138. The molecule has 0 saturated carbocycles. The molecule has 3 rings (SSSR count). The number of aliphatic hydroxyl groups is 1. The van der Waals surface area contributed by atoms with Crippen LogP contribution in [0.5, 0.6) is 5.88 Å². The van der Waals surface area contributed by atoms with Gasteiger partial charge in [0.25, 0.3) is 0 Å². The van der Waals surface area contributed by atoms with Crippen molar-refractivity contribution in [1.29, 1.82) is 0 Å². The zero-order valence-corrected chi connectivity index (χ0v) is 17.8. The maximum absolute atomic E-state index is 15.4. The van der Waals surface area contributed by atoms with Crippen LogP contribution in [0.25, 0.3) is 11.2 Å². The van der Waals surface area contributed by atoms with Crippen molar-refractivity contribution in [1.82, 2.24) is 24.6 Å². The smallest absolute Gasteiger partial charge is 0.403 e. The molecule has 6 atom stereocenters. The lowest BCUT2D eigenvalue weighted by atomic mass is 9.98. The van der Waals surface area contributed by atoms with Crippen LogP contribution in [0.3, 0.4) is 0 Å². The average Bonchev–Trinajstić information content (AvgIpc) is 3.20. The van der Waals surface area contributed by atoms with Crippen molar-refractivity contribution in [2.45, 2.75) is 50.9 Å². The molecule has 172 valence electrons. The topological polar surface area (TPSA) is 178 Å². The lowest BCUT2D eigenvalue weighted by Crippen LogP contribution is -2.41. The van der Waals surface area contributed by atoms with Gasteiger partial charge in [-0.15, -0.1) is 0 Å². The van der Waals surface area contributed by atoms with Crippen molar-refractivity contribution in [2.24, 2.45) is 0 Å². The number of fused-ring (bicyclic) bond motifs is 1. The summed E-state index contributed by atoms with van der Waals surface area (Å²) in [5.41, 5.74) is -1.88. The summed E-state index contributed by atoms with van der Waals surface area (Å²) in [5.74, 6) is -1.17. The number of aliphatic carboxylic acids is 1. The molecule has 1 unspecified atom stereocenters. The summed E-state index contributed by atoms with van der Waals surface area (Å²) in [7, 11) is -4.56. The second-order valence-corrected chi connectivity index (χ2v) is 8.62. The van der Waals surface area contributed by atoms with Crippen LogP contribution in [0.4, 0.5) is 4.39 Å².